The highest BCUT2D eigenvalue weighted by atomic mass is 35.5. The van der Waals surface area contributed by atoms with E-state index in [4.69, 9.17) is 44.0 Å². The second kappa shape index (κ2) is 50.1. The van der Waals surface area contributed by atoms with Crippen molar-refractivity contribution in [2.24, 2.45) is 32.9 Å². The van der Waals surface area contributed by atoms with Gasteiger partial charge in [0, 0.05) is 149 Å². The third kappa shape index (κ3) is 28.4. The average molecular weight is 1790 g/mol. The van der Waals surface area contributed by atoms with Crippen LogP contribution in [0.3, 0.4) is 0 Å². The lowest BCUT2D eigenvalue weighted by atomic mass is 9.90. The summed E-state index contributed by atoms with van der Waals surface area (Å²) in [5.74, 6) is 1.34. The molecule has 3 aliphatic heterocycles. The summed E-state index contributed by atoms with van der Waals surface area (Å²) in [6, 6.07) is 91.1. The smallest absolute Gasteiger partial charge is 0.255 e. The quantitative estimate of drug-likeness (QED) is 0.00763. The summed E-state index contributed by atoms with van der Waals surface area (Å²) >= 11 is 5.93. The minimum absolute atomic E-state index is 0.00948. The number of benzene rings is 11. The maximum Gasteiger partial charge on any atom is 0.255 e. The van der Waals surface area contributed by atoms with Gasteiger partial charge in [0.1, 0.15) is 11.5 Å². The van der Waals surface area contributed by atoms with E-state index in [1.54, 1.807) is 43.4 Å². The van der Waals surface area contributed by atoms with Gasteiger partial charge in [-0.15, -0.1) is 0 Å². The second-order valence-corrected chi connectivity index (χ2v) is 34.0. The van der Waals surface area contributed by atoms with Crippen molar-refractivity contribution in [2.45, 2.75) is 112 Å². The van der Waals surface area contributed by atoms with E-state index in [1.165, 1.54) is 28.3 Å². The number of ether oxygens (including phenoxy) is 2. The zero-order valence-corrected chi connectivity index (χ0v) is 76.2. The van der Waals surface area contributed by atoms with Gasteiger partial charge in [0.15, 0.2) is 11.9 Å². The molecule has 131 heavy (non-hydrogen) atoms. The van der Waals surface area contributed by atoms with Crippen LogP contribution in [0, 0.1) is 0 Å². The van der Waals surface area contributed by atoms with Crippen molar-refractivity contribution in [3.8, 4) is 11.5 Å². The molecule has 3 heterocycles. The fraction of sp³-hybridized carbons (Fsp3) is 0.321. The highest BCUT2D eigenvalue weighted by Gasteiger charge is 2.37. The van der Waals surface area contributed by atoms with Gasteiger partial charge in [0.25, 0.3) is 11.8 Å². The predicted octanol–water partition coefficient (Wildman–Crippen LogP) is 13.2. The molecule has 684 valence electrons. The Morgan fingerprint density at radius 3 is 1.27 bits per heavy atom. The fourth-order valence-corrected chi connectivity index (χ4v) is 17.3. The first-order valence-corrected chi connectivity index (χ1v) is 45.8. The zero-order valence-electron chi connectivity index (χ0n) is 75.4. The summed E-state index contributed by atoms with van der Waals surface area (Å²) in [7, 11) is 6.87. The number of methoxy groups -OCH3 is 2. The van der Waals surface area contributed by atoms with E-state index in [9.17, 15) is 28.8 Å². The SMILES string of the molecule is CN(C)C(N)=NCCC[C@@H]1N[C@H](CNC(=O)c2ccc3ccccc3c2)CCN(CC(c2ccccc2)c2ccccc2)C1=O.COc1cc(C(=O)NC[C@@H]2CCN(CC(c3ccccc3)c3ccccc3)C(=O)[C@H](CCCN=C(N)N)N2)c(OC)c2ccccc12.NCCC[C@@H]1N[C@H](CNC(=O)/C=C/c2ccc(Cl)cc2)CCN(CC(c2ccccc2)c2ccccc2)C1=O. The summed E-state index contributed by atoms with van der Waals surface area (Å²) < 4.78 is 11.3. The van der Waals surface area contributed by atoms with Crippen molar-refractivity contribution >= 4 is 86.6 Å². The zero-order chi connectivity index (χ0) is 92.2. The molecule has 14 N–H and O–H groups in total. The number of hydrogen-bond donors (Lipinski definition) is 10. The van der Waals surface area contributed by atoms with Crippen LogP contribution >= 0.6 is 11.6 Å². The van der Waals surface area contributed by atoms with Gasteiger partial charge >= 0.3 is 0 Å². The fourth-order valence-electron chi connectivity index (χ4n) is 17.2. The Morgan fingerprint density at radius 2 is 0.855 bits per heavy atom. The Balaban J connectivity index is 0.000000178. The molecular weight excluding hydrogens is 1660 g/mol. The highest BCUT2D eigenvalue weighted by Crippen LogP contribution is 2.38. The van der Waals surface area contributed by atoms with E-state index in [0.717, 1.165) is 57.5 Å². The van der Waals surface area contributed by atoms with Crippen LogP contribution in [0.1, 0.15) is 135 Å². The maximum absolute atomic E-state index is 14.1. The normalized spacial score (nSPS) is 17.2. The first-order valence-electron chi connectivity index (χ1n) is 45.4. The number of nitrogens with one attached hydrogen (secondary N) is 6. The number of guanidine groups is 2. The number of fused-ring (bicyclic) bond motifs is 2. The van der Waals surface area contributed by atoms with Crippen molar-refractivity contribution in [3.63, 3.8) is 0 Å². The van der Waals surface area contributed by atoms with Crippen LogP contribution in [0.15, 0.2) is 295 Å². The van der Waals surface area contributed by atoms with Crippen LogP contribution in [0.25, 0.3) is 27.6 Å². The molecule has 3 aliphatic rings. The van der Waals surface area contributed by atoms with Crippen molar-refractivity contribution in [1.29, 1.82) is 0 Å². The summed E-state index contributed by atoms with van der Waals surface area (Å²) in [6.07, 6.45) is 9.32. The van der Waals surface area contributed by atoms with Crippen LogP contribution in [0.4, 0.5) is 0 Å². The van der Waals surface area contributed by atoms with Gasteiger partial charge in [-0.1, -0.05) is 260 Å². The molecule has 0 saturated carbocycles. The van der Waals surface area contributed by atoms with E-state index in [2.05, 4.69) is 115 Å². The Bertz CT molecular complexity index is 5450. The number of rotatable bonds is 35. The predicted molar refractivity (Wildman–Crippen MR) is 527 cm³/mol. The lowest BCUT2D eigenvalue weighted by Gasteiger charge is -2.29. The lowest BCUT2D eigenvalue weighted by molar-refractivity contribution is -0.133. The Hall–Kier alpha value is -13.2. The number of carbonyl (C=O) groups is 6. The topological polar surface area (TPSA) is 335 Å². The van der Waals surface area contributed by atoms with Crippen molar-refractivity contribution in [3.05, 3.63) is 340 Å². The number of carbonyl (C=O) groups excluding carboxylic acids is 6. The van der Waals surface area contributed by atoms with Crippen molar-refractivity contribution < 1.29 is 38.2 Å². The van der Waals surface area contributed by atoms with Crippen LogP contribution in [0.2, 0.25) is 5.02 Å². The van der Waals surface area contributed by atoms with Crippen LogP contribution in [-0.2, 0) is 19.2 Å². The van der Waals surface area contributed by atoms with E-state index in [1.807, 2.05) is 217 Å². The Kier molecular flexibility index (Phi) is 37.0. The number of amides is 6. The van der Waals surface area contributed by atoms with Gasteiger partial charge in [-0.2, -0.15) is 0 Å². The minimum atomic E-state index is -0.462. The minimum Gasteiger partial charge on any atom is -0.496 e. The Morgan fingerprint density at radius 1 is 0.466 bits per heavy atom. The number of halogens is 1. The first kappa shape index (κ1) is 96.8. The molecule has 6 amide bonds. The molecule has 3 fully saturated rings. The maximum atomic E-state index is 14.1. The number of hydrogen-bond acceptors (Lipinski definition) is 14. The molecule has 25 heteroatoms. The van der Waals surface area contributed by atoms with Gasteiger partial charge in [-0.3, -0.25) is 38.8 Å². The largest absolute Gasteiger partial charge is 0.496 e. The summed E-state index contributed by atoms with van der Waals surface area (Å²) in [5.41, 5.74) is 31.8. The van der Waals surface area contributed by atoms with Gasteiger partial charge in [0.05, 0.1) is 37.9 Å². The molecule has 11 aromatic rings. The molecule has 11 aromatic carbocycles. The third-order valence-electron chi connectivity index (χ3n) is 24.3. The van der Waals surface area contributed by atoms with E-state index in [-0.39, 0.29) is 83.3 Å². The molecule has 0 radical (unpaired) electrons. The molecule has 3 saturated heterocycles. The van der Waals surface area contributed by atoms with E-state index >= 15 is 0 Å². The Labute approximate surface area is 775 Å². The number of nitrogens with zero attached hydrogens (tertiary/aromatic N) is 6. The molecule has 6 atom stereocenters. The molecule has 14 rings (SSSR count). The summed E-state index contributed by atoms with van der Waals surface area (Å²) in [5, 5.41) is 24.3. The van der Waals surface area contributed by atoms with Gasteiger partial charge < -0.3 is 83.9 Å². The van der Waals surface area contributed by atoms with E-state index in [0.29, 0.717) is 151 Å². The molecule has 0 unspecified atom stereocenters. The van der Waals surface area contributed by atoms with Gasteiger partial charge in [0.2, 0.25) is 23.6 Å². The van der Waals surface area contributed by atoms with Crippen LogP contribution < -0.4 is 64.3 Å². The highest BCUT2D eigenvalue weighted by molar-refractivity contribution is 6.30. The monoisotopic (exact) mass is 1780 g/mol. The third-order valence-corrected chi connectivity index (χ3v) is 24.6. The van der Waals surface area contributed by atoms with E-state index < -0.39 is 12.1 Å². The molecule has 0 bridgehead atoms. The first-order chi connectivity index (χ1) is 63.8. The van der Waals surface area contributed by atoms with Gasteiger partial charge in [-0.25, -0.2) is 0 Å². The number of aliphatic imine (C=N–C) groups is 2. The molecule has 0 aliphatic carbocycles. The molecule has 0 aromatic heterocycles. The second-order valence-electron chi connectivity index (χ2n) is 33.6. The summed E-state index contributed by atoms with van der Waals surface area (Å²) in [6.45, 7) is 6.13. The lowest BCUT2D eigenvalue weighted by Crippen LogP contribution is -2.49. The van der Waals surface area contributed by atoms with Crippen LogP contribution in [-0.4, -0.2) is 210 Å². The van der Waals surface area contributed by atoms with Crippen LogP contribution in [0.5, 0.6) is 11.5 Å². The molecule has 0 spiro atoms. The molecule has 24 nitrogen and oxygen atoms in total. The van der Waals surface area contributed by atoms with Crippen molar-refractivity contribution in [1.82, 2.24) is 51.5 Å². The van der Waals surface area contributed by atoms with Crippen molar-refractivity contribution in [2.75, 3.05) is 107 Å². The average Bonchev–Trinajstić information content (AvgIpc) is 1.13. The number of nitrogens with two attached hydrogens (primary N) is 4. The summed E-state index contributed by atoms with van der Waals surface area (Å²) in [4.78, 5) is 97.5. The standard InChI is InChI=1S/C37H44N6O4.C37H44N6O2.C32H37ClN4O2/c1-46-33-22-30(34(47-2)29-17-10-9-16-28(29)33)35(44)41-23-27-19-21-43(36(45)32(42-27)18-11-20-40-37(38)39)24-31(25-12-5-3-6-13-25)26-14-7-4-8-15-26;1-42(2)37(38)39-22-11-18-34-36(45)43(26-33(28-13-5-3-6-14-28)29-15-7-4-8-16-29)23-21-32(41-34)25-40-35(44)31-20-19-27-12-9-10-17-30(27)24-31;33-27-16-13-24(14-17-27)15-18-31(38)35-22-28-19-21-37(32(39)30(36-28)12-7-20-34)23-29(25-8-3-1-4-9-25)26-10-5-2-6-11-26/h3-10,12-17,22,27,31-32,42H,11,18-21,23-24H2,1-2H3,(H,41,44)(H4,38,39,40);3-10,12-17,19-20,24,32-34,41H,11,18,21-23,25-26H2,1-2H3,(H2,38,39)(H,40,44);1-6,8-11,13-18,28-30,36H,7,12,19-23,34H2,(H,35,38)/b;;18-15+/t27-,32-;32-,34-;28-,30-/m000/s1. The molecular formula is C106H125ClN16O8. The van der Waals surface area contributed by atoms with Gasteiger partial charge in [-0.05, 0) is 150 Å².